The summed E-state index contributed by atoms with van der Waals surface area (Å²) in [5.74, 6) is 0.277. The number of phenols is 2. The van der Waals surface area contributed by atoms with Crippen LogP contribution in [0.3, 0.4) is 0 Å². The molecule has 29 heavy (non-hydrogen) atoms. The molecule has 2 aromatic rings. The molecule has 0 spiro atoms. The van der Waals surface area contributed by atoms with E-state index in [0.717, 1.165) is 22.4 Å². The van der Waals surface area contributed by atoms with Crippen molar-refractivity contribution < 1.29 is 19.7 Å². The first-order valence-corrected chi connectivity index (χ1v) is 9.58. The fourth-order valence-corrected chi connectivity index (χ4v) is 3.10. The molecule has 0 aromatic heterocycles. The number of benzene rings is 2. The molecule has 0 saturated carbocycles. The predicted molar refractivity (Wildman–Crippen MR) is 116 cm³/mol. The lowest BCUT2D eigenvalue weighted by atomic mass is 9.99. The molecule has 1 heterocycles. The van der Waals surface area contributed by atoms with E-state index in [1.54, 1.807) is 6.08 Å². The first-order chi connectivity index (χ1) is 13.7. The van der Waals surface area contributed by atoms with Crippen molar-refractivity contribution in [3.05, 3.63) is 76.4 Å². The maximum atomic E-state index is 12.6. The van der Waals surface area contributed by atoms with Gasteiger partial charge in [-0.05, 0) is 76.1 Å². The van der Waals surface area contributed by atoms with Gasteiger partial charge in [0.15, 0.2) is 5.78 Å². The second-order valence-electron chi connectivity index (χ2n) is 7.98. The van der Waals surface area contributed by atoms with Gasteiger partial charge in [0, 0.05) is 11.1 Å². The largest absolute Gasteiger partial charge is 0.508 e. The van der Waals surface area contributed by atoms with Crippen LogP contribution in [0.1, 0.15) is 54.7 Å². The Bertz CT molecular complexity index is 1040. The average Bonchev–Trinajstić information content (AvgIpc) is 2.65. The predicted octanol–water partition coefficient (Wildman–Crippen LogP) is 5.69. The maximum Gasteiger partial charge on any atom is 0.189 e. The summed E-state index contributed by atoms with van der Waals surface area (Å²) >= 11 is 0. The van der Waals surface area contributed by atoms with Crippen molar-refractivity contribution in [2.75, 3.05) is 0 Å². The zero-order valence-electron chi connectivity index (χ0n) is 17.2. The molecular formula is C25H26O4. The smallest absolute Gasteiger partial charge is 0.189 e. The van der Waals surface area contributed by atoms with Crippen molar-refractivity contribution >= 4 is 17.9 Å². The molecule has 2 N–H and O–H groups in total. The fourth-order valence-electron chi connectivity index (χ4n) is 3.10. The summed E-state index contributed by atoms with van der Waals surface area (Å²) in [5.41, 5.74) is 3.06. The van der Waals surface area contributed by atoms with Gasteiger partial charge in [0.25, 0.3) is 0 Å². The third kappa shape index (κ3) is 4.77. The third-order valence-corrected chi connectivity index (χ3v) is 4.74. The topological polar surface area (TPSA) is 66.8 Å². The minimum Gasteiger partial charge on any atom is -0.508 e. The van der Waals surface area contributed by atoms with Gasteiger partial charge in [-0.3, -0.25) is 4.79 Å². The van der Waals surface area contributed by atoms with Crippen LogP contribution in [-0.4, -0.2) is 21.6 Å². The molecule has 0 fully saturated rings. The summed E-state index contributed by atoms with van der Waals surface area (Å²) in [4.78, 5) is 12.6. The van der Waals surface area contributed by atoms with Crippen molar-refractivity contribution in [3.63, 3.8) is 0 Å². The maximum absolute atomic E-state index is 12.6. The third-order valence-electron chi connectivity index (χ3n) is 4.74. The van der Waals surface area contributed by atoms with Gasteiger partial charge in [-0.25, -0.2) is 0 Å². The van der Waals surface area contributed by atoms with Gasteiger partial charge >= 0.3 is 0 Å². The van der Waals surface area contributed by atoms with Crippen LogP contribution >= 0.6 is 0 Å². The van der Waals surface area contributed by atoms with Crippen molar-refractivity contribution in [2.45, 2.75) is 39.7 Å². The molecule has 0 aliphatic carbocycles. The Labute approximate surface area is 171 Å². The summed E-state index contributed by atoms with van der Waals surface area (Å²) in [5, 5.41) is 20.5. The summed E-state index contributed by atoms with van der Waals surface area (Å²) < 4.78 is 5.91. The van der Waals surface area contributed by atoms with E-state index >= 15 is 0 Å². The summed E-state index contributed by atoms with van der Waals surface area (Å²) in [6.45, 7) is 7.86. The second-order valence-corrected chi connectivity index (χ2v) is 7.98. The van der Waals surface area contributed by atoms with Crippen molar-refractivity contribution in [1.29, 1.82) is 0 Å². The van der Waals surface area contributed by atoms with Gasteiger partial charge in [-0.1, -0.05) is 29.9 Å². The zero-order valence-corrected chi connectivity index (χ0v) is 17.2. The van der Waals surface area contributed by atoms with E-state index in [4.69, 9.17) is 4.74 Å². The highest BCUT2D eigenvalue weighted by Crippen LogP contribution is 2.33. The molecule has 150 valence electrons. The number of fused-ring (bicyclic) bond motifs is 1. The number of aromatic hydroxyl groups is 2. The van der Waals surface area contributed by atoms with Crippen LogP contribution in [0, 0.1) is 0 Å². The van der Waals surface area contributed by atoms with Crippen LogP contribution in [0.5, 0.6) is 17.2 Å². The van der Waals surface area contributed by atoms with E-state index in [2.05, 4.69) is 0 Å². The Balaban J connectivity index is 1.83. The van der Waals surface area contributed by atoms with Gasteiger partial charge in [-0.15, -0.1) is 0 Å². The van der Waals surface area contributed by atoms with E-state index in [1.807, 2.05) is 64.1 Å². The second kappa shape index (κ2) is 8.00. The quantitative estimate of drug-likeness (QED) is 0.391. The number of carbonyl (C=O) groups excluding carboxylic acids is 1. The molecule has 0 saturated heterocycles. The number of allylic oxidation sites excluding steroid dienone is 3. The highest BCUT2D eigenvalue weighted by Gasteiger charge is 2.21. The fraction of sp³-hybridized carbons (Fsp3) is 0.240. The summed E-state index contributed by atoms with van der Waals surface area (Å²) in [6, 6.07) is 8.60. The lowest BCUT2D eigenvalue weighted by molar-refractivity contribution is 0.104. The molecule has 0 unspecified atom stereocenters. The minimum atomic E-state index is -0.333. The van der Waals surface area contributed by atoms with Crippen LogP contribution in [0.2, 0.25) is 0 Å². The monoisotopic (exact) mass is 390 g/mol. The van der Waals surface area contributed by atoms with E-state index in [-0.39, 0.29) is 28.4 Å². The van der Waals surface area contributed by atoms with Crippen LogP contribution in [0.15, 0.2) is 54.1 Å². The van der Waals surface area contributed by atoms with Gasteiger partial charge in [0.05, 0.1) is 5.56 Å². The first-order valence-electron chi connectivity index (χ1n) is 9.58. The SMILES string of the molecule is CC(C)=CCc1c(O)ccc(C(=O)/C=C/c2ccc3c(c2)C=CC(C)(C)O3)c1O. The molecule has 4 heteroatoms. The van der Waals surface area contributed by atoms with E-state index < -0.39 is 0 Å². The Morgan fingerprint density at radius 3 is 2.62 bits per heavy atom. The van der Waals surface area contributed by atoms with Crippen LogP contribution < -0.4 is 4.74 Å². The Morgan fingerprint density at radius 2 is 1.90 bits per heavy atom. The van der Waals surface area contributed by atoms with Gasteiger partial charge < -0.3 is 14.9 Å². The molecule has 3 rings (SSSR count). The van der Waals surface area contributed by atoms with E-state index in [9.17, 15) is 15.0 Å². The first kappa shape index (κ1) is 20.5. The Kier molecular flexibility index (Phi) is 5.64. The van der Waals surface area contributed by atoms with Gasteiger partial charge in [0.2, 0.25) is 0 Å². The Hall–Kier alpha value is -3.27. The molecule has 1 aliphatic rings. The Morgan fingerprint density at radius 1 is 1.14 bits per heavy atom. The lowest BCUT2D eigenvalue weighted by Gasteiger charge is -2.27. The van der Waals surface area contributed by atoms with Crippen molar-refractivity contribution in [3.8, 4) is 17.2 Å². The molecular weight excluding hydrogens is 364 g/mol. The number of ketones is 1. The molecule has 2 aromatic carbocycles. The van der Waals surface area contributed by atoms with Gasteiger partial charge in [-0.2, -0.15) is 0 Å². The van der Waals surface area contributed by atoms with Crippen LogP contribution in [0.4, 0.5) is 0 Å². The number of hydrogen-bond acceptors (Lipinski definition) is 4. The molecule has 0 atom stereocenters. The summed E-state index contributed by atoms with van der Waals surface area (Å²) in [7, 11) is 0. The molecule has 0 amide bonds. The summed E-state index contributed by atoms with van der Waals surface area (Å²) in [6.07, 6.45) is 9.39. The normalized spacial score (nSPS) is 14.3. The number of carbonyl (C=O) groups is 1. The highest BCUT2D eigenvalue weighted by molar-refractivity contribution is 6.09. The number of hydrogen-bond donors (Lipinski definition) is 2. The highest BCUT2D eigenvalue weighted by atomic mass is 16.5. The van der Waals surface area contributed by atoms with E-state index in [1.165, 1.54) is 18.2 Å². The average molecular weight is 390 g/mol. The van der Waals surface area contributed by atoms with Gasteiger partial charge in [0.1, 0.15) is 22.8 Å². The standard InChI is InChI=1S/C25H26O4/c1-16(2)5-8-19-22(27)11-9-20(24(19)28)21(26)10-6-17-7-12-23-18(15-17)13-14-25(3,4)29-23/h5-7,9-15,27-28H,8H2,1-4H3/b10-6+. The van der Waals surface area contributed by atoms with Crippen LogP contribution in [-0.2, 0) is 6.42 Å². The van der Waals surface area contributed by atoms with Crippen molar-refractivity contribution in [2.24, 2.45) is 0 Å². The minimum absolute atomic E-state index is 0.0232. The molecule has 4 nitrogen and oxygen atoms in total. The molecule has 0 radical (unpaired) electrons. The molecule has 0 bridgehead atoms. The van der Waals surface area contributed by atoms with E-state index in [0.29, 0.717) is 12.0 Å². The molecule has 1 aliphatic heterocycles. The van der Waals surface area contributed by atoms with Crippen LogP contribution in [0.25, 0.3) is 12.2 Å². The number of ether oxygens (including phenoxy) is 1. The number of rotatable bonds is 5. The number of phenolic OH excluding ortho intramolecular Hbond substituents is 2. The zero-order chi connectivity index (χ0) is 21.2. The lowest BCUT2D eigenvalue weighted by Crippen LogP contribution is -2.27. The van der Waals surface area contributed by atoms with Crippen molar-refractivity contribution in [1.82, 2.24) is 0 Å².